The van der Waals surface area contributed by atoms with Crippen molar-refractivity contribution in [2.24, 2.45) is 0 Å². The molecule has 1 aliphatic rings. The Bertz CT molecular complexity index is 356. The van der Waals surface area contributed by atoms with E-state index in [-0.39, 0.29) is 0 Å². The lowest BCUT2D eigenvalue weighted by molar-refractivity contribution is 1.07. The summed E-state index contributed by atoms with van der Waals surface area (Å²) in [6, 6.07) is 8.50. The molecule has 0 N–H and O–H groups in total. The Hall–Kier alpha value is -1.29. The van der Waals surface area contributed by atoms with Crippen LogP contribution < -0.4 is 0 Å². The highest BCUT2D eigenvalue weighted by molar-refractivity contribution is 5.44. The normalized spacial score (nSPS) is 15.4. The van der Waals surface area contributed by atoms with Crippen molar-refractivity contribution in [3.63, 3.8) is 0 Å². The number of hydrogen-bond acceptors (Lipinski definition) is 1. The maximum absolute atomic E-state index is 8.91. The van der Waals surface area contributed by atoms with Gasteiger partial charge in [-0.2, -0.15) is 5.26 Å². The van der Waals surface area contributed by atoms with Crippen LogP contribution in [0.2, 0.25) is 0 Å². The van der Waals surface area contributed by atoms with E-state index in [0.29, 0.717) is 5.92 Å². The highest BCUT2D eigenvalue weighted by atomic mass is 14.3. The molecule has 66 valence electrons. The van der Waals surface area contributed by atoms with Crippen molar-refractivity contribution in [1.82, 2.24) is 0 Å². The third-order valence-corrected chi connectivity index (χ3v) is 2.66. The maximum Gasteiger partial charge on any atom is 0.0994 e. The molecule has 0 aromatic heterocycles. The van der Waals surface area contributed by atoms with Crippen LogP contribution in [0.15, 0.2) is 18.2 Å². The second-order valence-electron chi connectivity index (χ2n) is 3.66. The molecule has 2 rings (SSSR count). The summed E-state index contributed by atoms with van der Waals surface area (Å²) in [4.78, 5) is 0. The molecule has 0 unspecified atom stereocenters. The van der Waals surface area contributed by atoms with Crippen LogP contribution in [0.1, 0.15) is 42.4 Å². The molecule has 0 radical (unpaired) electrons. The molecule has 1 aromatic carbocycles. The first-order chi connectivity index (χ1) is 6.35. The summed E-state index contributed by atoms with van der Waals surface area (Å²) in [7, 11) is 0. The van der Waals surface area contributed by atoms with E-state index in [9.17, 15) is 0 Å². The minimum absolute atomic E-state index is 0.682. The molecule has 0 amide bonds. The van der Waals surface area contributed by atoms with Crippen LogP contribution in [0, 0.1) is 11.3 Å². The van der Waals surface area contributed by atoms with Crippen molar-refractivity contribution in [2.75, 3.05) is 0 Å². The van der Waals surface area contributed by atoms with E-state index in [4.69, 9.17) is 5.26 Å². The van der Waals surface area contributed by atoms with Gasteiger partial charge in [-0.05, 0) is 42.4 Å². The van der Waals surface area contributed by atoms with Crippen molar-refractivity contribution >= 4 is 0 Å². The summed E-state index contributed by atoms with van der Waals surface area (Å²) >= 11 is 0. The number of hydrogen-bond donors (Lipinski definition) is 0. The highest BCUT2D eigenvalue weighted by Crippen LogP contribution is 2.41. The molecule has 0 aliphatic heterocycles. The van der Waals surface area contributed by atoms with E-state index in [1.54, 1.807) is 0 Å². The van der Waals surface area contributed by atoms with E-state index >= 15 is 0 Å². The largest absolute Gasteiger partial charge is 0.192 e. The van der Waals surface area contributed by atoms with E-state index in [2.05, 4.69) is 25.1 Å². The minimum atomic E-state index is 0.682. The molecular weight excluding hydrogens is 158 g/mol. The Morgan fingerprint density at radius 3 is 2.77 bits per heavy atom. The first-order valence-electron chi connectivity index (χ1n) is 4.88. The summed E-state index contributed by atoms with van der Waals surface area (Å²) in [6.45, 7) is 2.15. The van der Waals surface area contributed by atoms with Gasteiger partial charge in [0.25, 0.3) is 0 Å². The van der Waals surface area contributed by atoms with Crippen LogP contribution in [0.4, 0.5) is 0 Å². The fraction of sp³-hybridized carbons (Fsp3) is 0.417. The number of aryl methyl sites for hydroxylation is 1. The Kier molecular flexibility index (Phi) is 2.06. The van der Waals surface area contributed by atoms with Gasteiger partial charge < -0.3 is 0 Å². The smallest absolute Gasteiger partial charge is 0.0994 e. The fourth-order valence-corrected chi connectivity index (χ4v) is 1.67. The van der Waals surface area contributed by atoms with E-state index in [0.717, 1.165) is 12.0 Å². The zero-order valence-electron chi connectivity index (χ0n) is 7.88. The second kappa shape index (κ2) is 3.22. The van der Waals surface area contributed by atoms with Crippen LogP contribution in [0.25, 0.3) is 0 Å². The molecule has 1 saturated carbocycles. The molecule has 1 nitrogen and oxygen atoms in total. The fourth-order valence-electron chi connectivity index (χ4n) is 1.67. The summed E-state index contributed by atoms with van der Waals surface area (Å²) in [5, 5.41) is 8.91. The quantitative estimate of drug-likeness (QED) is 0.671. The molecule has 13 heavy (non-hydrogen) atoms. The summed E-state index contributed by atoms with van der Waals surface area (Å²) in [5.41, 5.74) is 3.50. The zero-order valence-corrected chi connectivity index (χ0v) is 7.88. The standard InChI is InChI=1S/C12H13N/c1-2-9-3-4-11(8-13)12(7-9)10-5-6-10/h3-4,7,10H,2,5-6H2,1H3. The molecule has 0 saturated heterocycles. The summed E-state index contributed by atoms with van der Waals surface area (Å²) < 4.78 is 0. The van der Waals surface area contributed by atoms with Gasteiger partial charge in [-0.25, -0.2) is 0 Å². The van der Waals surface area contributed by atoms with Crippen LogP contribution in [0.3, 0.4) is 0 Å². The lowest BCUT2D eigenvalue weighted by atomic mass is 10.00. The Balaban J connectivity index is 2.42. The summed E-state index contributed by atoms with van der Waals surface area (Å²) in [6.07, 6.45) is 3.59. The van der Waals surface area contributed by atoms with Crippen molar-refractivity contribution in [3.8, 4) is 6.07 Å². The molecule has 0 spiro atoms. The topological polar surface area (TPSA) is 23.8 Å². The van der Waals surface area contributed by atoms with Crippen molar-refractivity contribution in [2.45, 2.75) is 32.1 Å². The summed E-state index contributed by atoms with van der Waals surface area (Å²) in [5.74, 6) is 0.682. The molecule has 0 bridgehead atoms. The van der Waals surface area contributed by atoms with Gasteiger partial charge in [0.15, 0.2) is 0 Å². The van der Waals surface area contributed by atoms with Crippen molar-refractivity contribution in [1.29, 1.82) is 5.26 Å². The third-order valence-electron chi connectivity index (χ3n) is 2.66. The lowest BCUT2D eigenvalue weighted by Crippen LogP contribution is -1.90. The minimum Gasteiger partial charge on any atom is -0.192 e. The zero-order chi connectivity index (χ0) is 9.26. The highest BCUT2D eigenvalue weighted by Gasteiger charge is 2.26. The van der Waals surface area contributed by atoms with Crippen LogP contribution >= 0.6 is 0 Å². The van der Waals surface area contributed by atoms with Gasteiger partial charge in [0.1, 0.15) is 0 Å². The monoisotopic (exact) mass is 171 g/mol. The molecular formula is C12H13N. The number of benzene rings is 1. The van der Waals surface area contributed by atoms with Crippen LogP contribution in [-0.2, 0) is 6.42 Å². The molecule has 0 atom stereocenters. The molecule has 0 heterocycles. The Morgan fingerprint density at radius 2 is 2.23 bits per heavy atom. The van der Waals surface area contributed by atoms with Gasteiger partial charge in [0.2, 0.25) is 0 Å². The number of rotatable bonds is 2. The van der Waals surface area contributed by atoms with Gasteiger partial charge in [0, 0.05) is 0 Å². The van der Waals surface area contributed by atoms with Gasteiger partial charge in [-0.1, -0.05) is 19.1 Å². The lowest BCUT2D eigenvalue weighted by Gasteiger charge is -2.03. The van der Waals surface area contributed by atoms with Crippen molar-refractivity contribution in [3.05, 3.63) is 34.9 Å². The second-order valence-corrected chi connectivity index (χ2v) is 3.66. The van der Waals surface area contributed by atoms with Gasteiger partial charge in [0.05, 0.1) is 11.6 Å². The first kappa shape index (κ1) is 8.31. The van der Waals surface area contributed by atoms with E-state index in [1.807, 2.05) is 6.07 Å². The third kappa shape index (κ3) is 1.58. The van der Waals surface area contributed by atoms with Crippen LogP contribution in [0.5, 0.6) is 0 Å². The van der Waals surface area contributed by atoms with Crippen LogP contribution in [-0.4, -0.2) is 0 Å². The Labute approximate surface area is 79.0 Å². The molecule has 1 fully saturated rings. The van der Waals surface area contributed by atoms with Gasteiger partial charge >= 0.3 is 0 Å². The number of nitrogens with zero attached hydrogens (tertiary/aromatic N) is 1. The van der Waals surface area contributed by atoms with E-state index < -0.39 is 0 Å². The molecule has 1 aromatic rings. The SMILES string of the molecule is CCc1ccc(C#N)c(C2CC2)c1. The Morgan fingerprint density at radius 1 is 1.46 bits per heavy atom. The maximum atomic E-state index is 8.91. The van der Waals surface area contributed by atoms with E-state index in [1.165, 1.54) is 24.0 Å². The average molecular weight is 171 g/mol. The molecule has 1 heteroatoms. The predicted molar refractivity (Wildman–Crippen MR) is 52.5 cm³/mol. The average Bonchev–Trinajstić information content (AvgIpc) is 3.00. The first-order valence-corrected chi connectivity index (χ1v) is 4.88. The van der Waals surface area contributed by atoms with Crippen molar-refractivity contribution < 1.29 is 0 Å². The molecule has 1 aliphatic carbocycles. The van der Waals surface area contributed by atoms with Gasteiger partial charge in [-0.15, -0.1) is 0 Å². The van der Waals surface area contributed by atoms with Gasteiger partial charge in [-0.3, -0.25) is 0 Å². The predicted octanol–water partition coefficient (Wildman–Crippen LogP) is 3.00. The number of nitriles is 1.